The average Bonchev–Trinajstić information content (AvgIpc) is 2.88. The number of aromatic nitrogens is 2. The van der Waals surface area contributed by atoms with Crippen LogP contribution >= 0.6 is 0 Å². The van der Waals surface area contributed by atoms with Crippen LogP contribution in [0.15, 0.2) is 60.7 Å². The Balaban J connectivity index is 0.000000708. The first-order valence-corrected chi connectivity index (χ1v) is 12.9. The summed E-state index contributed by atoms with van der Waals surface area (Å²) in [6, 6.07) is 19.9. The minimum absolute atomic E-state index is 0.0652. The van der Waals surface area contributed by atoms with E-state index in [1.165, 1.54) is 5.56 Å². The van der Waals surface area contributed by atoms with Gasteiger partial charge in [0.2, 0.25) is 11.9 Å². The number of alkyl halides is 3. The number of aryl methyl sites for hydroxylation is 2. The number of benzene rings is 2. The second-order valence-electron chi connectivity index (χ2n) is 9.45. The second-order valence-corrected chi connectivity index (χ2v) is 9.45. The van der Waals surface area contributed by atoms with Crippen LogP contribution in [0.1, 0.15) is 49.1 Å². The fourth-order valence-corrected chi connectivity index (χ4v) is 3.69. The van der Waals surface area contributed by atoms with Gasteiger partial charge in [0.1, 0.15) is 11.9 Å². The number of rotatable bonds is 11. The highest BCUT2D eigenvalue weighted by Gasteiger charge is 2.38. The molecule has 1 heterocycles. The summed E-state index contributed by atoms with van der Waals surface area (Å²) in [4.78, 5) is 31.2. The van der Waals surface area contributed by atoms with Gasteiger partial charge in [-0.1, -0.05) is 73.5 Å². The standard InChI is InChI=1S/C27H35N5O.C2HF3O2/c1-5-9-20(3)29-27-30-21(4)16-25(32-27)31-24(17-22-10-7-6-8-11-22)26(33)28-18-23-14-12-19(2)13-15-23;3-2(4,5)1(6)7/h6-8,10-16,20,24H,5,9,17-18H2,1-4H3,(H,28,33)(H2,29,30,31,32);(H,6,7)/t20?,24-;/m0./s1. The fraction of sp³-hybridized carbons (Fsp3) is 0.379. The number of aliphatic carboxylic acids is 1. The number of anilines is 2. The quantitative estimate of drug-likeness (QED) is 0.239. The van der Waals surface area contributed by atoms with Crippen molar-refractivity contribution < 1.29 is 27.9 Å². The lowest BCUT2D eigenvalue weighted by Gasteiger charge is -2.20. The van der Waals surface area contributed by atoms with Gasteiger partial charge in [-0.05, 0) is 38.3 Å². The van der Waals surface area contributed by atoms with Gasteiger partial charge < -0.3 is 21.1 Å². The molecule has 1 unspecified atom stereocenters. The summed E-state index contributed by atoms with van der Waals surface area (Å²) < 4.78 is 31.7. The van der Waals surface area contributed by atoms with E-state index in [-0.39, 0.29) is 11.9 Å². The van der Waals surface area contributed by atoms with Crippen molar-refractivity contribution in [1.29, 1.82) is 0 Å². The molecule has 0 bridgehead atoms. The van der Waals surface area contributed by atoms with Gasteiger partial charge in [0, 0.05) is 30.8 Å². The molecule has 1 amide bonds. The van der Waals surface area contributed by atoms with Crippen LogP contribution in [0.5, 0.6) is 0 Å². The van der Waals surface area contributed by atoms with Crippen molar-refractivity contribution in [3.05, 3.63) is 83.0 Å². The number of nitrogens with zero attached hydrogens (tertiary/aromatic N) is 2. The molecule has 0 spiro atoms. The van der Waals surface area contributed by atoms with Crippen LogP contribution in [0.3, 0.4) is 0 Å². The molecule has 3 aromatic rings. The van der Waals surface area contributed by atoms with Crippen molar-refractivity contribution in [2.75, 3.05) is 10.6 Å². The number of carbonyl (C=O) groups excluding carboxylic acids is 1. The normalized spacial score (nSPS) is 12.4. The van der Waals surface area contributed by atoms with E-state index in [1.54, 1.807) is 0 Å². The molecule has 11 heteroatoms. The van der Waals surface area contributed by atoms with E-state index in [0.717, 1.165) is 29.7 Å². The van der Waals surface area contributed by atoms with Gasteiger partial charge in [-0.3, -0.25) is 4.79 Å². The van der Waals surface area contributed by atoms with Crippen LogP contribution in [-0.2, 0) is 22.6 Å². The van der Waals surface area contributed by atoms with E-state index in [9.17, 15) is 18.0 Å². The summed E-state index contributed by atoms with van der Waals surface area (Å²) in [5.74, 6) is -1.60. The predicted molar refractivity (Wildman–Crippen MR) is 149 cm³/mol. The van der Waals surface area contributed by atoms with Crippen molar-refractivity contribution in [1.82, 2.24) is 15.3 Å². The number of carboxylic acid groups (broad SMARTS) is 1. The van der Waals surface area contributed by atoms with Gasteiger partial charge in [-0.15, -0.1) is 0 Å². The Morgan fingerprint density at radius 3 is 2.15 bits per heavy atom. The highest BCUT2D eigenvalue weighted by atomic mass is 19.4. The fourth-order valence-electron chi connectivity index (χ4n) is 3.69. The van der Waals surface area contributed by atoms with E-state index >= 15 is 0 Å². The summed E-state index contributed by atoms with van der Waals surface area (Å²) in [5.41, 5.74) is 4.20. The maximum Gasteiger partial charge on any atom is 0.490 e. The second kappa shape index (κ2) is 15.4. The number of nitrogens with one attached hydrogen (secondary N) is 3. The van der Waals surface area contributed by atoms with Crippen molar-refractivity contribution in [3.8, 4) is 0 Å². The van der Waals surface area contributed by atoms with Crippen molar-refractivity contribution in [2.45, 2.75) is 71.8 Å². The van der Waals surface area contributed by atoms with Crippen LogP contribution in [0, 0.1) is 13.8 Å². The van der Waals surface area contributed by atoms with Crippen LogP contribution < -0.4 is 16.0 Å². The largest absolute Gasteiger partial charge is 0.490 e. The Morgan fingerprint density at radius 2 is 1.57 bits per heavy atom. The molecule has 0 aliphatic carbocycles. The molecular weight excluding hydrogens is 523 g/mol. The lowest BCUT2D eigenvalue weighted by Crippen LogP contribution is -2.41. The number of halogens is 3. The van der Waals surface area contributed by atoms with Gasteiger partial charge in [-0.2, -0.15) is 18.2 Å². The highest BCUT2D eigenvalue weighted by molar-refractivity contribution is 5.84. The molecule has 3 rings (SSSR count). The van der Waals surface area contributed by atoms with Crippen LogP contribution in [0.2, 0.25) is 0 Å². The zero-order chi connectivity index (χ0) is 29.7. The topological polar surface area (TPSA) is 116 Å². The first-order chi connectivity index (χ1) is 18.9. The summed E-state index contributed by atoms with van der Waals surface area (Å²) >= 11 is 0. The Labute approximate surface area is 232 Å². The molecule has 1 aromatic heterocycles. The molecular formula is C29H36F3N5O3. The zero-order valence-electron chi connectivity index (χ0n) is 23.0. The van der Waals surface area contributed by atoms with Crippen molar-refractivity contribution in [2.24, 2.45) is 0 Å². The van der Waals surface area contributed by atoms with Crippen molar-refractivity contribution in [3.63, 3.8) is 0 Å². The van der Waals surface area contributed by atoms with Crippen molar-refractivity contribution >= 4 is 23.6 Å². The predicted octanol–water partition coefficient (Wildman–Crippen LogP) is 5.67. The van der Waals surface area contributed by atoms with E-state index in [1.807, 2.05) is 55.5 Å². The summed E-state index contributed by atoms with van der Waals surface area (Å²) in [6.07, 6.45) is -2.40. The smallest absolute Gasteiger partial charge is 0.475 e. The molecule has 40 heavy (non-hydrogen) atoms. The molecule has 0 fully saturated rings. The number of hydrogen-bond acceptors (Lipinski definition) is 6. The lowest BCUT2D eigenvalue weighted by molar-refractivity contribution is -0.192. The molecule has 0 radical (unpaired) electrons. The first kappa shape index (κ1) is 32.1. The monoisotopic (exact) mass is 559 g/mol. The van der Waals surface area contributed by atoms with Crippen LogP contribution in [0.4, 0.5) is 24.9 Å². The first-order valence-electron chi connectivity index (χ1n) is 12.9. The van der Waals surface area contributed by atoms with Gasteiger partial charge >= 0.3 is 12.1 Å². The third kappa shape index (κ3) is 11.7. The molecule has 0 aliphatic rings. The van der Waals surface area contributed by atoms with Gasteiger partial charge in [-0.25, -0.2) is 9.78 Å². The maximum atomic E-state index is 13.2. The maximum absolute atomic E-state index is 13.2. The van der Waals surface area contributed by atoms with Gasteiger partial charge in [0.05, 0.1) is 0 Å². The molecule has 8 nitrogen and oxygen atoms in total. The Hall–Kier alpha value is -4.15. The minimum atomic E-state index is -5.08. The summed E-state index contributed by atoms with van der Waals surface area (Å²) in [7, 11) is 0. The van der Waals surface area contributed by atoms with E-state index < -0.39 is 18.2 Å². The molecule has 0 saturated carbocycles. The number of amides is 1. The highest BCUT2D eigenvalue weighted by Crippen LogP contribution is 2.15. The molecule has 216 valence electrons. The van der Waals surface area contributed by atoms with Gasteiger partial charge in [0.25, 0.3) is 0 Å². The number of carboxylic acids is 1. The SMILES string of the molecule is CCCC(C)Nc1nc(C)cc(N[C@@H](Cc2ccccc2)C(=O)NCc2ccc(C)cc2)n1.O=C(O)C(F)(F)F. The average molecular weight is 560 g/mol. The number of hydrogen-bond donors (Lipinski definition) is 4. The molecule has 2 atom stereocenters. The Kier molecular flexibility index (Phi) is 12.4. The summed E-state index contributed by atoms with van der Waals surface area (Å²) in [6.45, 7) is 8.76. The molecule has 2 aromatic carbocycles. The number of carbonyl (C=O) groups is 2. The van der Waals surface area contributed by atoms with Gasteiger partial charge in [0.15, 0.2) is 0 Å². The summed E-state index contributed by atoms with van der Waals surface area (Å²) in [5, 5.41) is 16.9. The third-order valence-electron chi connectivity index (χ3n) is 5.70. The van der Waals surface area contributed by atoms with E-state index in [4.69, 9.17) is 9.90 Å². The van der Waals surface area contributed by atoms with Crippen LogP contribution in [-0.4, -0.2) is 45.2 Å². The van der Waals surface area contributed by atoms with Crippen LogP contribution in [0.25, 0.3) is 0 Å². The van der Waals surface area contributed by atoms with E-state index in [0.29, 0.717) is 24.7 Å². The molecule has 0 aliphatic heterocycles. The third-order valence-corrected chi connectivity index (χ3v) is 5.70. The lowest BCUT2D eigenvalue weighted by atomic mass is 10.0. The minimum Gasteiger partial charge on any atom is -0.475 e. The molecule has 4 N–H and O–H groups in total. The Morgan fingerprint density at radius 1 is 0.950 bits per heavy atom. The van der Waals surface area contributed by atoms with E-state index in [2.05, 4.69) is 58.8 Å². The Bertz CT molecular complexity index is 1220. The zero-order valence-corrected chi connectivity index (χ0v) is 23.0. The molecule has 0 saturated heterocycles.